The van der Waals surface area contributed by atoms with Gasteiger partial charge in [-0.3, -0.25) is 4.57 Å². The number of nitrogens with zero attached hydrogens (tertiary/aromatic N) is 7. The van der Waals surface area contributed by atoms with Crippen LogP contribution in [0.1, 0.15) is 18.7 Å². The minimum atomic E-state index is -4.64. The summed E-state index contributed by atoms with van der Waals surface area (Å²) in [5.41, 5.74) is 0.421. The highest BCUT2D eigenvalue weighted by Crippen LogP contribution is 2.33. The van der Waals surface area contributed by atoms with Crippen molar-refractivity contribution in [1.29, 1.82) is 0 Å². The van der Waals surface area contributed by atoms with Crippen LogP contribution < -0.4 is 4.90 Å². The van der Waals surface area contributed by atoms with E-state index in [9.17, 15) is 13.2 Å². The highest BCUT2D eigenvalue weighted by Gasteiger charge is 2.37. The third-order valence-corrected chi connectivity index (χ3v) is 4.65. The lowest BCUT2D eigenvalue weighted by Crippen LogP contribution is -2.22. The van der Waals surface area contributed by atoms with E-state index in [4.69, 9.17) is 0 Å². The van der Waals surface area contributed by atoms with Crippen LogP contribution in [0, 0.1) is 0 Å². The first-order valence-electron chi connectivity index (χ1n) is 7.92. The summed E-state index contributed by atoms with van der Waals surface area (Å²) < 4.78 is 41.5. The predicted octanol–water partition coefficient (Wildman–Crippen LogP) is 2.95. The second kappa shape index (κ2) is 6.38. The molecule has 26 heavy (non-hydrogen) atoms. The van der Waals surface area contributed by atoms with Crippen molar-refractivity contribution in [3.8, 4) is 5.82 Å². The fourth-order valence-corrected chi connectivity index (χ4v) is 3.24. The largest absolute Gasteiger partial charge is 0.451 e. The van der Waals surface area contributed by atoms with Gasteiger partial charge in [0, 0.05) is 19.3 Å². The number of fused-ring (bicyclic) bond motifs is 1. The van der Waals surface area contributed by atoms with Crippen molar-refractivity contribution in [2.45, 2.75) is 24.2 Å². The number of imidazole rings is 1. The fraction of sp³-hybridized carbons (Fsp3) is 0.400. The molecule has 0 amide bonds. The number of aromatic nitrogens is 6. The van der Waals surface area contributed by atoms with E-state index in [2.05, 4.69) is 24.9 Å². The normalized spacial score (nSPS) is 15.2. The highest BCUT2D eigenvalue weighted by atomic mass is 32.2. The van der Waals surface area contributed by atoms with Gasteiger partial charge in [-0.05, 0) is 25.2 Å². The second-order valence-electron chi connectivity index (χ2n) is 5.75. The summed E-state index contributed by atoms with van der Waals surface area (Å²) >= 11 is 1.34. The van der Waals surface area contributed by atoms with Crippen molar-refractivity contribution < 1.29 is 13.2 Å². The van der Waals surface area contributed by atoms with Gasteiger partial charge >= 0.3 is 6.18 Å². The highest BCUT2D eigenvalue weighted by molar-refractivity contribution is 7.98. The second-order valence-corrected chi connectivity index (χ2v) is 6.52. The van der Waals surface area contributed by atoms with Crippen molar-refractivity contribution in [1.82, 2.24) is 29.5 Å². The summed E-state index contributed by atoms with van der Waals surface area (Å²) in [6.07, 6.45) is 1.97. The molecule has 0 aromatic carbocycles. The van der Waals surface area contributed by atoms with Gasteiger partial charge in [-0.15, -0.1) is 0 Å². The summed E-state index contributed by atoms with van der Waals surface area (Å²) in [5.74, 6) is -0.545. The van der Waals surface area contributed by atoms with E-state index < -0.39 is 12.0 Å². The molecule has 0 saturated carbocycles. The molecule has 0 N–H and O–H groups in total. The standard InChI is InChI=1S/C15H14F3N7S/c1-26-14-19-5-4-9(21-14)25-8-20-10-11(24-6-2-3-7-24)22-13(15(16,17)18)23-12(10)25/h4-5,8H,2-3,6-7H2,1H3. The van der Waals surface area contributed by atoms with Crippen LogP contribution in [0.2, 0.25) is 0 Å². The minimum Gasteiger partial charge on any atom is -0.355 e. The van der Waals surface area contributed by atoms with Crippen LogP contribution in [0.4, 0.5) is 19.0 Å². The lowest BCUT2D eigenvalue weighted by atomic mass is 10.4. The number of alkyl halides is 3. The summed E-state index contributed by atoms with van der Waals surface area (Å²) in [5, 5.41) is 0.509. The molecule has 0 atom stereocenters. The Kier molecular flexibility index (Phi) is 4.17. The molecule has 1 aliphatic heterocycles. The maximum atomic E-state index is 13.3. The summed E-state index contributed by atoms with van der Waals surface area (Å²) in [6, 6.07) is 1.60. The summed E-state index contributed by atoms with van der Waals surface area (Å²) in [6.45, 7) is 1.31. The number of halogens is 3. The fourth-order valence-electron chi connectivity index (χ4n) is 2.89. The summed E-state index contributed by atoms with van der Waals surface area (Å²) in [4.78, 5) is 22.0. The lowest BCUT2D eigenvalue weighted by molar-refractivity contribution is -0.144. The molecule has 4 heterocycles. The lowest BCUT2D eigenvalue weighted by Gasteiger charge is -2.18. The van der Waals surface area contributed by atoms with Gasteiger partial charge in [0.25, 0.3) is 0 Å². The molecule has 0 aliphatic carbocycles. The Bertz CT molecular complexity index is 950. The maximum absolute atomic E-state index is 13.3. The maximum Gasteiger partial charge on any atom is 0.451 e. The van der Waals surface area contributed by atoms with Crippen molar-refractivity contribution in [3.05, 3.63) is 24.4 Å². The molecular formula is C15H14F3N7S. The van der Waals surface area contributed by atoms with Crippen LogP contribution in [-0.2, 0) is 6.18 Å². The zero-order valence-corrected chi connectivity index (χ0v) is 14.5. The third-order valence-electron chi connectivity index (χ3n) is 4.09. The Labute approximate surface area is 150 Å². The molecule has 0 unspecified atom stereocenters. The van der Waals surface area contributed by atoms with E-state index in [1.54, 1.807) is 12.3 Å². The van der Waals surface area contributed by atoms with E-state index in [-0.39, 0.29) is 11.5 Å². The first kappa shape index (κ1) is 17.0. The Morgan fingerprint density at radius 3 is 2.54 bits per heavy atom. The van der Waals surface area contributed by atoms with Crippen LogP contribution in [-0.4, -0.2) is 48.8 Å². The number of rotatable bonds is 3. The molecule has 1 saturated heterocycles. The van der Waals surface area contributed by atoms with Crippen LogP contribution >= 0.6 is 11.8 Å². The zero-order chi connectivity index (χ0) is 18.3. The van der Waals surface area contributed by atoms with Crippen LogP contribution in [0.5, 0.6) is 0 Å². The van der Waals surface area contributed by atoms with Gasteiger partial charge in [-0.2, -0.15) is 13.2 Å². The molecule has 136 valence electrons. The molecule has 7 nitrogen and oxygen atoms in total. The monoisotopic (exact) mass is 381 g/mol. The smallest absolute Gasteiger partial charge is 0.355 e. The Morgan fingerprint density at radius 1 is 1.08 bits per heavy atom. The van der Waals surface area contributed by atoms with Crippen molar-refractivity contribution in [2.75, 3.05) is 24.2 Å². The van der Waals surface area contributed by atoms with Crippen LogP contribution in [0.15, 0.2) is 23.7 Å². The van der Waals surface area contributed by atoms with E-state index >= 15 is 0 Å². The van der Waals surface area contributed by atoms with Gasteiger partial charge < -0.3 is 4.90 Å². The molecular weight excluding hydrogens is 367 g/mol. The molecule has 3 aromatic rings. The molecule has 0 spiro atoms. The molecule has 11 heteroatoms. The van der Waals surface area contributed by atoms with E-state index in [0.717, 1.165) is 12.8 Å². The number of thioether (sulfide) groups is 1. The quantitative estimate of drug-likeness (QED) is 0.510. The molecule has 1 aliphatic rings. The average Bonchev–Trinajstić information content (AvgIpc) is 3.30. The number of hydrogen-bond donors (Lipinski definition) is 0. The minimum absolute atomic E-state index is 0.0833. The van der Waals surface area contributed by atoms with E-state index in [1.165, 1.54) is 22.7 Å². The Balaban J connectivity index is 1.94. The van der Waals surface area contributed by atoms with E-state index in [1.807, 2.05) is 11.2 Å². The van der Waals surface area contributed by atoms with Gasteiger partial charge in [-0.25, -0.2) is 24.9 Å². The number of anilines is 1. The van der Waals surface area contributed by atoms with Gasteiger partial charge in [0.1, 0.15) is 12.1 Å². The van der Waals surface area contributed by atoms with Crippen molar-refractivity contribution >= 4 is 28.7 Å². The molecule has 4 rings (SSSR count). The third kappa shape index (κ3) is 2.96. The van der Waals surface area contributed by atoms with Gasteiger partial charge in [0.05, 0.1) is 0 Å². The Hall–Kier alpha value is -2.43. The first-order chi connectivity index (χ1) is 12.5. The van der Waals surface area contributed by atoms with Crippen LogP contribution in [0.25, 0.3) is 17.0 Å². The molecule has 0 bridgehead atoms. The zero-order valence-electron chi connectivity index (χ0n) is 13.7. The van der Waals surface area contributed by atoms with Gasteiger partial charge in [0.2, 0.25) is 5.82 Å². The predicted molar refractivity (Wildman–Crippen MR) is 90.5 cm³/mol. The molecule has 0 radical (unpaired) electrons. The first-order valence-corrected chi connectivity index (χ1v) is 9.14. The molecule has 3 aromatic heterocycles. The topological polar surface area (TPSA) is 72.6 Å². The van der Waals surface area contributed by atoms with Crippen molar-refractivity contribution in [2.24, 2.45) is 0 Å². The van der Waals surface area contributed by atoms with E-state index in [0.29, 0.717) is 29.6 Å². The SMILES string of the molecule is CSc1nccc(-n2cnc3c(N4CCCC4)nc(C(F)(F)F)nc32)n1. The molecule has 1 fully saturated rings. The van der Waals surface area contributed by atoms with Crippen molar-refractivity contribution in [3.63, 3.8) is 0 Å². The van der Waals surface area contributed by atoms with Crippen LogP contribution in [0.3, 0.4) is 0 Å². The van der Waals surface area contributed by atoms with Gasteiger partial charge in [-0.1, -0.05) is 11.8 Å². The number of hydrogen-bond acceptors (Lipinski definition) is 7. The average molecular weight is 381 g/mol. The van der Waals surface area contributed by atoms with Gasteiger partial charge in [0.15, 0.2) is 22.1 Å². The summed E-state index contributed by atoms with van der Waals surface area (Å²) in [7, 11) is 0. The Morgan fingerprint density at radius 2 is 1.85 bits per heavy atom.